The average molecular weight is 364 g/mol. The highest BCUT2D eigenvalue weighted by atomic mass is 16.5. The Kier molecular flexibility index (Phi) is 8.32. The smallest absolute Gasteiger partial charge is 0.163 e. The molecule has 1 rings (SSSR count). The van der Waals surface area contributed by atoms with Gasteiger partial charge in [0.15, 0.2) is 11.5 Å². The van der Waals surface area contributed by atoms with E-state index in [0.29, 0.717) is 22.7 Å². The van der Waals surface area contributed by atoms with Gasteiger partial charge in [0.25, 0.3) is 0 Å². The summed E-state index contributed by atoms with van der Waals surface area (Å²) in [6.07, 6.45) is 0.803. The lowest BCUT2D eigenvalue weighted by atomic mass is 10.1. The van der Waals surface area contributed by atoms with Crippen LogP contribution in [0.1, 0.15) is 19.4 Å². The summed E-state index contributed by atoms with van der Waals surface area (Å²) in [6.45, 7) is 3.90. The monoisotopic (exact) mass is 364 g/mol. The third kappa shape index (κ3) is 6.88. The van der Waals surface area contributed by atoms with E-state index < -0.39 is 11.6 Å². The maximum atomic E-state index is 10.1. The first-order chi connectivity index (χ1) is 12.2. The molecule has 0 saturated heterocycles. The van der Waals surface area contributed by atoms with Crippen LogP contribution in [0.2, 0.25) is 0 Å². The van der Waals surface area contributed by atoms with E-state index in [2.05, 4.69) is 16.4 Å². The van der Waals surface area contributed by atoms with Crippen molar-refractivity contribution >= 4 is 12.0 Å². The van der Waals surface area contributed by atoms with Gasteiger partial charge in [0.2, 0.25) is 0 Å². The normalized spacial score (nSPS) is 12.7. The molecule has 0 spiro atoms. The first-order valence-electron chi connectivity index (χ1n) is 8.22. The van der Waals surface area contributed by atoms with Crippen molar-refractivity contribution in [3.63, 3.8) is 0 Å². The number of methoxy groups -OCH3 is 1. The number of ether oxygens (including phenoxy) is 2. The quantitative estimate of drug-likeness (QED) is 0.418. The van der Waals surface area contributed by atoms with E-state index >= 15 is 0 Å². The summed E-state index contributed by atoms with van der Waals surface area (Å²) in [5.74, 6) is 0.777. The van der Waals surface area contributed by atoms with Gasteiger partial charge in [-0.25, -0.2) is 4.99 Å². The number of nitrogens with one attached hydrogen (secondary N) is 1. The number of hydrogen-bond donors (Lipinski definition) is 3. The summed E-state index contributed by atoms with van der Waals surface area (Å²) in [6, 6.07) is 5.24. The fourth-order valence-corrected chi connectivity index (χ4v) is 1.89. The third-order valence-electron chi connectivity index (χ3n) is 3.47. The zero-order valence-corrected chi connectivity index (χ0v) is 16.0. The minimum atomic E-state index is -0.782. The van der Waals surface area contributed by atoms with Crippen molar-refractivity contribution in [1.82, 2.24) is 10.2 Å². The Morgan fingerprint density at radius 3 is 2.62 bits per heavy atom. The molecular weight excluding hydrogens is 336 g/mol. The van der Waals surface area contributed by atoms with Gasteiger partial charge < -0.3 is 29.9 Å². The minimum absolute atomic E-state index is 0.0214. The molecule has 3 N–H and O–H groups in total. The van der Waals surface area contributed by atoms with Gasteiger partial charge in [-0.3, -0.25) is 0 Å². The summed E-state index contributed by atoms with van der Waals surface area (Å²) < 4.78 is 10.9. The van der Waals surface area contributed by atoms with E-state index in [1.165, 1.54) is 7.11 Å². The highest BCUT2D eigenvalue weighted by molar-refractivity contribution is 5.68. The molecule has 8 heteroatoms. The van der Waals surface area contributed by atoms with Crippen LogP contribution < -0.4 is 14.8 Å². The first kappa shape index (κ1) is 21.7. The summed E-state index contributed by atoms with van der Waals surface area (Å²) in [7, 11) is 5.13. The van der Waals surface area contributed by atoms with E-state index in [9.17, 15) is 15.5 Å². The summed E-state index contributed by atoms with van der Waals surface area (Å²) in [4.78, 5) is 6.01. The van der Waals surface area contributed by atoms with Gasteiger partial charge in [0.1, 0.15) is 18.8 Å². The van der Waals surface area contributed by atoms with Crippen molar-refractivity contribution < 1.29 is 19.7 Å². The average Bonchev–Trinajstić information content (AvgIpc) is 2.62. The van der Waals surface area contributed by atoms with Gasteiger partial charge in [0.05, 0.1) is 31.3 Å². The number of aliphatic hydroxyl groups excluding tert-OH is 2. The molecule has 0 radical (unpaired) electrons. The van der Waals surface area contributed by atoms with Crippen LogP contribution in [0.5, 0.6) is 11.5 Å². The summed E-state index contributed by atoms with van der Waals surface area (Å²) in [5.41, 5.74) is 0.325. The molecule has 0 aliphatic carbocycles. The van der Waals surface area contributed by atoms with Gasteiger partial charge in [-0.2, -0.15) is 5.26 Å². The van der Waals surface area contributed by atoms with Gasteiger partial charge in [-0.1, -0.05) is 0 Å². The second-order valence-electron chi connectivity index (χ2n) is 6.73. The second-order valence-corrected chi connectivity index (χ2v) is 6.73. The minimum Gasteiger partial charge on any atom is -0.493 e. The summed E-state index contributed by atoms with van der Waals surface area (Å²) in [5, 5.41) is 31.6. The Hall–Kier alpha value is -2.34. The van der Waals surface area contributed by atoms with Gasteiger partial charge in [-0.05, 0) is 13.8 Å². The van der Waals surface area contributed by atoms with Crippen molar-refractivity contribution in [3.8, 4) is 17.6 Å². The predicted octanol–water partition coefficient (Wildman–Crippen LogP) is 0.888. The van der Waals surface area contributed by atoms with Crippen LogP contribution >= 0.6 is 0 Å². The number of β-amino-alcohol motifs (C(OH)–C–C–N with tert-alkyl or cyclic N) is 1. The van der Waals surface area contributed by atoms with E-state index in [4.69, 9.17) is 9.47 Å². The highest BCUT2D eigenvalue weighted by Crippen LogP contribution is 2.34. The Labute approximate surface area is 154 Å². The van der Waals surface area contributed by atoms with Crippen LogP contribution in [-0.2, 0) is 0 Å². The first-order valence-corrected chi connectivity index (χ1v) is 8.22. The lowest BCUT2D eigenvalue weighted by Crippen LogP contribution is -2.47. The van der Waals surface area contributed by atoms with Crippen molar-refractivity contribution in [2.24, 2.45) is 4.99 Å². The maximum absolute atomic E-state index is 10.1. The number of nitriles is 1. The molecule has 0 unspecified atom stereocenters. The van der Waals surface area contributed by atoms with E-state index in [0.717, 1.165) is 0 Å². The highest BCUT2D eigenvalue weighted by Gasteiger charge is 2.18. The van der Waals surface area contributed by atoms with Crippen LogP contribution in [0, 0.1) is 11.3 Å². The van der Waals surface area contributed by atoms with Crippen LogP contribution in [0.3, 0.4) is 0 Å². The summed E-state index contributed by atoms with van der Waals surface area (Å²) >= 11 is 0. The topological polar surface area (TPSA) is 110 Å². The van der Waals surface area contributed by atoms with Crippen molar-refractivity contribution in [2.45, 2.75) is 25.5 Å². The zero-order chi connectivity index (χ0) is 19.7. The molecule has 26 heavy (non-hydrogen) atoms. The van der Waals surface area contributed by atoms with Gasteiger partial charge >= 0.3 is 0 Å². The SMILES string of the molecule is COc1cc(C#N)c(N=CN(C)C)cc1OC[C@@H](O)CNC(C)(C)CO. The van der Waals surface area contributed by atoms with Crippen LogP contribution in [0.25, 0.3) is 0 Å². The second kappa shape index (κ2) is 9.97. The van der Waals surface area contributed by atoms with E-state index in [1.807, 2.05) is 27.9 Å². The lowest BCUT2D eigenvalue weighted by molar-refractivity contribution is 0.0894. The number of benzene rings is 1. The standard InChI is InChI=1S/C18H28N4O4/c1-18(2,11-23)21-9-14(24)10-26-17-7-15(20-12-22(3)4)13(8-19)6-16(17)25-5/h6-7,12,14,21,23-24H,9-11H2,1-5H3/t14-/m0/s1. The third-order valence-corrected chi connectivity index (χ3v) is 3.47. The Morgan fingerprint density at radius 1 is 1.38 bits per heavy atom. The lowest BCUT2D eigenvalue weighted by Gasteiger charge is -2.25. The molecule has 0 amide bonds. The number of rotatable bonds is 10. The molecule has 0 aliphatic rings. The molecule has 144 valence electrons. The molecule has 0 aromatic heterocycles. The molecule has 0 aliphatic heterocycles. The Morgan fingerprint density at radius 2 is 2.08 bits per heavy atom. The van der Waals surface area contributed by atoms with Crippen molar-refractivity contribution in [2.75, 3.05) is 41.0 Å². The van der Waals surface area contributed by atoms with Crippen LogP contribution in [-0.4, -0.2) is 74.1 Å². The molecule has 1 aromatic rings. The predicted molar refractivity (Wildman–Crippen MR) is 100 cm³/mol. The molecule has 1 atom stereocenters. The number of nitrogens with zero attached hydrogens (tertiary/aromatic N) is 3. The molecule has 8 nitrogen and oxygen atoms in total. The largest absolute Gasteiger partial charge is 0.493 e. The fourth-order valence-electron chi connectivity index (χ4n) is 1.89. The van der Waals surface area contributed by atoms with E-state index in [-0.39, 0.29) is 19.8 Å². The zero-order valence-electron chi connectivity index (χ0n) is 16.0. The van der Waals surface area contributed by atoms with Crippen LogP contribution in [0.15, 0.2) is 17.1 Å². The molecule has 1 aromatic carbocycles. The number of hydrogen-bond acceptors (Lipinski definition) is 7. The molecule has 0 saturated carbocycles. The number of aliphatic hydroxyl groups is 2. The number of aliphatic imine (C=N–C) groups is 1. The Bertz CT molecular complexity index is 653. The molecule has 0 heterocycles. The molecule has 0 fully saturated rings. The van der Waals surface area contributed by atoms with Crippen molar-refractivity contribution in [3.05, 3.63) is 17.7 Å². The maximum Gasteiger partial charge on any atom is 0.163 e. The van der Waals surface area contributed by atoms with E-state index in [1.54, 1.807) is 23.4 Å². The van der Waals surface area contributed by atoms with Gasteiger partial charge in [-0.15, -0.1) is 0 Å². The Balaban J connectivity index is 2.87. The van der Waals surface area contributed by atoms with Gasteiger partial charge in [0, 0.05) is 38.3 Å². The fraction of sp³-hybridized carbons (Fsp3) is 0.556. The molecular formula is C18H28N4O4. The van der Waals surface area contributed by atoms with Crippen molar-refractivity contribution in [1.29, 1.82) is 5.26 Å². The van der Waals surface area contributed by atoms with Crippen LogP contribution in [0.4, 0.5) is 5.69 Å². The molecule has 0 bridgehead atoms.